The number of carbonyl (C=O) groups is 1. The van der Waals surface area contributed by atoms with Gasteiger partial charge in [0, 0.05) is 12.2 Å². The van der Waals surface area contributed by atoms with E-state index in [0.29, 0.717) is 0 Å². The maximum absolute atomic E-state index is 12.2. The quantitative estimate of drug-likeness (QED) is 0.866. The fraction of sp³-hybridized carbons (Fsp3) is 0.500. The van der Waals surface area contributed by atoms with E-state index in [9.17, 15) is 4.79 Å². The average Bonchev–Trinajstić information content (AvgIpc) is 2.73. The number of anilines is 1. The first-order valence-corrected chi connectivity index (χ1v) is 6.11. The van der Waals surface area contributed by atoms with Crippen LogP contribution in [0.5, 0.6) is 0 Å². The summed E-state index contributed by atoms with van der Waals surface area (Å²) in [5.41, 5.74) is 3.02. The fourth-order valence-electron chi connectivity index (χ4n) is 2.17. The van der Waals surface area contributed by atoms with E-state index in [-0.39, 0.29) is 23.7 Å². The Hall–Kier alpha value is -1.06. The molecule has 1 unspecified atom stereocenters. The van der Waals surface area contributed by atoms with Crippen LogP contribution in [0.25, 0.3) is 0 Å². The van der Waals surface area contributed by atoms with Crippen molar-refractivity contribution in [3.63, 3.8) is 0 Å². The minimum Gasteiger partial charge on any atom is -0.325 e. The lowest BCUT2D eigenvalue weighted by Crippen LogP contribution is -2.35. The number of hydrogen-bond acceptors (Lipinski definition) is 2. The highest BCUT2D eigenvalue weighted by molar-refractivity contribution is 5.96. The summed E-state index contributed by atoms with van der Waals surface area (Å²) in [5.74, 6) is 0.121. The third-order valence-corrected chi connectivity index (χ3v) is 3.77. The summed E-state index contributed by atoms with van der Waals surface area (Å²) >= 11 is 0. The molecule has 2 rings (SSSR count). The molecule has 0 aromatic heterocycles. The van der Waals surface area contributed by atoms with E-state index >= 15 is 0 Å². The average molecular weight is 269 g/mol. The third kappa shape index (κ3) is 2.85. The highest BCUT2D eigenvalue weighted by atomic mass is 35.5. The highest BCUT2D eigenvalue weighted by Gasteiger charge is 2.36. The maximum atomic E-state index is 12.2. The van der Waals surface area contributed by atoms with Gasteiger partial charge in [-0.2, -0.15) is 0 Å². The number of hydrogen-bond donors (Lipinski definition) is 2. The first-order valence-electron chi connectivity index (χ1n) is 6.11. The van der Waals surface area contributed by atoms with Crippen LogP contribution in [0.15, 0.2) is 18.2 Å². The monoisotopic (exact) mass is 268 g/mol. The number of aryl methyl sites for hydroxylation is 1. The van der Waals surface area contributed by atoms with Crippen molar-refractivity contribution in [3.05, 3.63) is 29.3 Å². The summed E-state index contributed by atoms with van der Waals surface area (Å²) in [6.07, 6.45) is 0.906. The Bertz CT molecular complexity index is 439. The number of halogens is 1. The zero-order valence-electron chi connectivity index (χ0n) is 11.2. The molecule has 1 amide bonds. The van der Waals surface area contributed by atoms with Crippen LogP contribution in [-0.2, 0) is 4.79 Å². The molecular weight excluding hydrogens is 248 g/mol. The van der Waals surface area contributed by atoms with E-state index in [4.69, 9.17) is 0 Å². The Kier molecular flexibility index (Phi) is 4.77. The molecule has 1 saturated heterocycles. The van der Waals surface area contributed by atoms with Gasteiger partial charge in [-0.1, -0.05) is 12.1 Å². The molecule has 1 aromatic carbocycles. The van der Waals surface area contributed by atoms with Crippen LogP contribution in [0.3, 0.4) is 0 Å². The van der Waals surface area contributed by atoms with Crippen LogP contribution in [0.2, 0.25) is 0 Å². The number of rotatable bonds is 2. The Balaban J connectivity index is 0.00000162. The van der Waals surface area contributed by atoms with Gasteiger partial charge in [-0.15, -0.1) is 12.4 Å². The largest absolute Gasteiger partial charge is 0.325 e. The summed E-state index contributed by atoms with van der Waals surface area (Å²) in [6, 6.07) is 6.00. The molecule has 1 fully saturated rings. The topological polar surface area (TPSA) is 41.1 Å². The van der Waals surface area contributed by atoms with Gasteiger partial charge in [0.25, 0.3) is 0 Å². The molecule has 0 bridgehead atoms. The predicted molar refractivity (Wildman–Crippen MR) is 77.4 cm³/mol. The molecule has 3 nitrogen and oxygen atoms in total. The van der Waals surface area contributed by atoms with Crippen molar-refractivity contribution >= 4 is 24.0 Å². The standard InChI is InChI=1S/C14H20N2O.ClH/c1-10-5-4-6-12(11(10)2)16-13(17)14(3)7-8-15-9-14;/h4-6,15H,7-9H2,1-3H3,(H,16,17);1H. The SMILES string of the molecule is Cc1cccc(NC(=O)C2(C)CCNC2)c1C.Cl. The summed E-state index contributed by atoms with van der Waals surface area (Å²) < 4.78 is 0. The van der Waals surface area contributed by atoms with E-state index in [2.05, 4.69) is 23.6 Å². The Morgan fingerprint density at radius 2 is 2.11 bits per heavy atom. The predicted octanol–water partition coefficient (Wildman–Crippen LogP) is 2.66. The number of nitrogens with one attached hydrogen (secondary N) is 2. The third-order valence-electron chi connectivity index (χ3n) is 3.77. The van der Waals surface area contributed by atoms with Crippen molar-refractivity contribution in [2.24, 2.45) is 5.41 Å². The molecule has 0 spiro atoms. The van der Waals surface area contributed by atoms with Gasteiger partial charge in [0.05, 0.1) is 5.41 Å². The molecule has 1 heterocycles. The van der Waals surface area contributed by atoms with Crippen molar-refractivity contribution in [1.29, 1.82) is 0 Å². The molecule has 2 N–H and O–H groups in total. The molecule has 100 valence electrons. The second kappa shape index (κ2) is 5.72. The van der Waals surface area contributed by atoms with Gasteiger partial charge in [-0.25, -0.2) is 0 Å². The lowest BCUT2D eigenvalue weighted by Gasteiger charge is -2.22. The number of amides is 1. The minimum absolute atomic E-state index is 0. The second-order valence-electron chi connectivity index (χ2n) is 5.19. The summed E-state index contributed by atoms with van der Waals surface area (Å²) in [7, 11) is 0. The summed E-state index contributed by atoms with van der Waals surface area (Å²) in [6.45, 7) is 7.82. The van der Waals surface area contributed by atoms with E-state index in [0.717, 1.165) is 30.8 Å². The van der Waals surface area contributed by atoms with Gasteiger partial charge in [-0.3, -0.25) is 4.79 Å². The fourth-order valence-corrected chi connectivity index (χ4v) is 2.17. The molecule has 1 aromatic rings. The van der Waals surface area contributed by atoms with Crippen LogP contribution in [0.1, 0.15) is 24.5 Å². The van der Waals surface area contributed by atoms with Crippen LogP contribution >= 0.6 is 12.4 Å². The number of carbonyl (C=O) groups excluding carboxylic acids is 1. The Labute approximate surface area is 115 Å². The first kappa shape index (κ1) is 15.0. The van der Waals surface area contributed by atoms with Crippen LogP contribution in [-0.4, -0.2) is 19.0 Å². The zero-order chi connectivity index (χ0) is 12.5. The Morgan fingerprint density at radius 3 is 2.72 bits per heavy atom. The van der Waals surface area contributed by atoms with Gasteiger partial charge < -0.3 is 10.6 Å². The van der Waals surface area contributed by atoms with Crippen molar-refractivity contribution in [3.8, 4) is 0 Å². The van der Waals surface area contributed by atoms with Gasteiger partial charge >= 0.3 is 0 Å². The molecule has 0 radical (unpaired) electrons. The summed E-state index contributed by atoms with van der Waals surface area (Å²) in [5, 5.41) is 6.30. The van der Waals surface area contributed by atoms with E-state index in [1.165, 1.54) is 5.56 Å². The van der Waals surface area contributed by atoms with Gasteiger partial charge in [0.1, 0.15) is 0 Å². The van der Waals surface area contributed by atoms with Crippen molar-refractivity contribution < 1.29 is 4.79 Å². The molecular formula is C14H21ClN2O. The smallest absolute Gasteiger partial charge is 0.231 e. The van der Waals surface area contributed by atoms with E-state index < -0.39 is 0 Å². The van der Waals surface area contributed by atoms with Crippen molar-refractivity contribution in [2.75, 3.05) is 18.4 Å². The van der Waals surface area contributed by atoms with Gasteiger partial charge in [0.2, 0.25) is 5.91 Å². The number of benzene rings is 1. The molecule has 4 heteroatoms. The molecule has 18 heavy (non-hydrogen) atoms. The van der Waals surface area contributed by atoms with Gasteiger partial charge in [0.15, 0.2) is 0 Å². The minimum atomic E-state index is -0.268. The Morgan fingerprint density at radius 1 is 1.39 bits per heavy atom. The van der Waals surface area contributed by atoms with Crippen molar-refractivity contribution in [2.45, 2.75) is 27.2 Å². The van der Waals surface area contributed by atoms with Crippen LogP contribution in [0.4, 0.5) is 5.69 Å². The zero-order valence-corrected chi connectivity index (χ0v) is 12.0. The van der Waals surface area contributed by atoms with E-state index in [1.807, 2.05) is 26.0 Å². The van der Waals surface area contributed by atoms with E-state index in [1.54, 1.807) is 0 Å². The van der Waals surface area contributed by atoms with Gasteiger partial charge in [-0.05, 0) is 50.9 Å². The second-order valence-corrected chi connectivity index (χ2v) is 5.19. The normalized spacial score (nSPS) is 22.4. The highest BCUT2D eigenvalue weighted by Crippen LogP contribution is 2.27. The van der Waals surface area contributed by atoms with Crippen LogP contribution < -0.4 is 10.6 Å². The first-order chi connectivity index (χ1) is 8.03. The molecule has 0 saturated carbocycles. The molecule has 1 aliphatic heterocycles. The lowest BCUT2D eigenvalue weighted by atomic mass is 9.88. The summed E-state index contributed by atoms with van der Waals surface area (Å²) in [4.78, 5) is 12.2. The molecule has 1 aliphatic rings. The molecule has 1 atom stereocenters. The molecule has 0 aliphatic carbocycles. The van der Waals surface area contributed by atoms with Crippen LogP contribution in [0, 0.1) is 19.3 Å². The maximum Gasteiger partial charge on any atom is 0.231 e. The lowest BCUT2D eigenvalue weighted by molar-refractivity contribution is -0.123. The van der Waals surface area contributed by atoms with Crippen molar-refractivity contribution in [1.82, 2.24) is 5.32 Å².